The van der Waals surface area contributed by atoms with Gasteiger partial charge in [-0.2, -0.15) is 10.2 Å². The van der Waals surface area contributed by atoms with Crippen LogP contribution in [-0.2, 0) is 6.42 Å². The number of rotatable bonds is 4. The highest BCUT2D eigenvalue weighted by Crippen LogP contribution is 2.36. The third-order valence-electron chi connectivity index (χ3n) is 4.70. The lowest BCUT2D eigenvalue weighted by Crippen LogP contribution is -2.06. The molecule has 1 atom stereocenters. The van der Waals surface area contributed by atoms with Crippen molar-refractivity contribution in [1.82, 2.24) is 10.1 Å². The second-order valence-electron chi connectivity index (χ2n) is 6.93. The minimum Gasteiger partial charge on any atom is -0.490 e. The molecule has 0 spiro atoms. The molecule has 0 radical (unpaired) electrons. The van der Waals surface area contributed by atoms with Crippen molar-refractivity contribution in [2.45, 2.75) is 38.8 Å². The fraction of sp³-hybridized carbons (Fsp3) is 0.286. The van der Waals surface area contributed by atoms with Gasteiger partial charge in [0.2, 0.25) is 5.82 Å². The minimum absolute atomic E-state index is 0.0401. The maximum absolute atomic E-state index is 9.26. The van der Waals surface area contributed by atoms with Crippen molar-refractivity contribution in [1.29, 1.82) is 5.26 Å². The van der Waals surface area contributed by atoms with E-state index in [4.69, 9.17) is 15.0 Å². The van der Waals surface area contributed by atoms with Gasteiger partial charge >= 0.3 is 0 Å². The van der Waals surface area contributed by atoms with Crippen LogP contribution >= 0.6 is 0 Å². The highest BCUT2D eigenvalue weighted by Gasteiger charge is 2.24. The molecule has 0 saturated carbocycles. The van der Waals surface area contributed by atoms with Crippen LogP contribution in [0.1, 0.15) is 43.0 Å². The molecule has 1 heterocycles. The van der Waals surface area contributed by atoms with E-state index >= 15 is 0 Å². The second-order valence-corrected chi connectivity index (χ2v) is 6.93. The third kappa shape index (κ3) is 3.18. The van der Waals surface area contributed by atoms with Crippen LogP contribution in [0.25, 0.3) is 22.8 Å². The molecule has 2 N–H and O–H groups in total. The molecule has 1 aliphatic carbocycles. The molecule has 0 unspecified atom stereocenters. The first-order chi connectivity index (χ1) is 13.1. The molecule has 0 bridgehead atoms. The first-order valence-electron chi connectivity index (χ1n) is 8.99. The van der Waals surface area contributed by atoms with Crippen LogP contribution in [0, 0.1) is 11.3 Å². The lowest BCUT2D eigenvalue weighted by Gasteiger charge is -2.11. The second kappa shape index (κ2) is 6.86. The third-order valence-corrected chi connectivity index (χ3v) is 4.70. The number of benzene rings is 2. The summed E-state index contributed by atoms with van der Waals surface area (Å²) in [6, 6.07) is 13.5. The molecule has 4 rings (SSSR count). The van der Waals surface area contributed by atoms with E-state index in [0.29, 0.717) is 28.6 Å². The number of nitrogens with two attached hydrogens (primary N) is 1. The average molecular weight is 360 g/mol. The summed E-state index contributed by atoms with van der Waals surface area (Å²) in [6.07, 6.45) is 1.81. The predicted molar refractivity (Wildman–Crippen MR) is 101 cm³/mol. The summed E-state index contributed by atoms with van der Waals surface area (Å²) in [7, 11) is 0. The zero-order valence-corrected chi connectivity index (χ0v) is 15.3. The quantitative estimate of drug-likeness (QED) is 0.755. The monoisotopic (exact) mass is 360 g/mol. The Hall–Kier alpha value is -3.17. The highest BCUT2D eigenvalue weighted by atomic mass is 16.5. The maximum Gasteiger partial charge on any atom is 0.258 e. The van der Waals surface area contributed by atoms with Crippen LogP contribution < -0.4 is 10.5 Å². The minimum atomic E-state index is -0.0401. The van der Waals surface area contributed by atoms with Crippen molar-refractivity contribution >= 4 is 0 Å². The molecule has 3 aromatic rings. The normalized spacial score (nSPS) is 15.6. The van der Waals surface area contributed by atoms with Gasteiger partial charge in [-0.15, -0.1) is 0 Å². The van der Waals surface area contributed by atoms with Crippen LogP contribution in [0.3, 0.4) is 0 Å². The Bertz CT molecular complexity index is 1030. The smallest absolute Gasteiger partial charge is 0.258 e. The van der Waals surface area contributed by atoms with Crippen molar-refractivity contribution in [3.05, 3.63) is 53.1 Å². The Morgan fingerprint density at radius 2 is 2.15 bits per heavy atom. The highest BCUT2D eigenvalue weighted by molar-refractivity contribution is 5.67. The van der Waals surface area contributed by atoms with E-state index in [1.165, 1.54) is 5.56 Å². The van der Waals surface area contributed by atoms with Crippen LogP contribution in [0.5, 0.6) is 5.75 Å². The number of hydrogen-bond donors (Lipinski definition) is 1. The Labute approximate surface area is 157 Å². The van der Waals surface area contributed by atoms with Gasteiger partial charge in [-0.3, -0.25) is 0 Å². The van der Waals surface area contributed by atoms with Crippen LogP contribution in [0.2, 0.25) is 0 Å². The van der Waals surface area contributed by atoms with Gasteiger partial charge in [0, 0.05) is 17.2 Å². The average Bonchev–Trinajstić information content (AvgIpc) is 3.29. The van der Waals surface area contributed by atoms with Gasteiger partial charge < -0.3 is 15.0 Å². The maximum atomic E-state index is 9.26. The van der Waals surface area contributed by atoms with E-state index in [2.05, 4.69) is 22.3 Å². The van der Waals surface area contributed by atoms with Crippen molar-refractivity contribution < 1.29 is 9.26 Å². The molecule has 1 aliphatic rings. The Balaban J connectivity index is 1.71. The molecule has 0 saturated heterocycles. The summed E-state index contributed by atoms with van der Waals surface area (Å²) < 4.78 is 11.2. The lowest BCUT2D eigenvalue weighted by molar-refractivity contribution is 0.242. The molecular formula is C21H20N4O2. The molecule has 136 valence electrons. The van der Waals surface area contributed by atoms with Gasteiger partial charge in [-0.1, -0.05) is 23.4 Å². The van der Waals surface area contributed by atoms with Gasteiger partial charge in [0.05, 0.1) is 11.7 Å². The van der Waals surface area contributed by atoms with Gasteiger partial charge in [0.25, 0.3) is 5.89 Å². The molecule has 0 aliphatic heterocycles. The lowest BCUT2D eigenvalue weighted by atomic mass is 10.0. The summed E-state index contributed by atoms with van der Waals surface area (Å²) in [5.74, 6) is 1.45. The number of nitrogens with zero attached hydrogens (tertiary/aromatic N) is 3. The molecule has 6 heteroatoms. The van der Waals surface area contributed by atoms with E-state index in [9.17, 15) is 5.26 Å². The molecular weight excluding hydrogens is 340 g/mol. The van der Waals surface area contributed by atoms with Crippen LogP contribution in [0.4, 0.5) is 0 Å². The Kier molecular flexibility index (Phi) is 4.38. The summed E-state index contributed by atoms with van der Waals surface area (Å²) in [5.41, 5.74) is 10.7. The van der Waals surface area contributed by atoms with E-state index < -0.39 is 0 Å². The predicted octanol–water partition coefficient (Wildman–Crippen LogP) is 4.01. The molecule has 0 fully saturated rings. The summed E-state index contributed by atoms with van der Waals surface area (Å²) in [5, 5.41) is 13.4. The number of fused-ring (bicyclic) bond motifs is 1. The summed E-state index contributed by atoms with van der Waals surface area (Å²) in [4.78, 5) is 4.57. The number of aromatic nitrogens is 2. The van der Waals surface area contributed by atoms with Crippen molar-refractivity contribution in [2.24, 2.45) is 5.73 Å². The van der Waals surface area contributed by atoms with E-state index in [0.717, 1.165) is 24.0 Å². The summed E-state index contributed by atoms with van der Waals surface area (Å²) in [6.45, 7) is 3.83. The number of nitriles is 1. The Morgan fingerprint density at radius 3 is 2.93 bits per heavy atom. The van der Waals surface area contributed by atoms with Crippen molar-refractivity contribution in [3.8, 4) is 34.7 Å². The fourth-order valence-electron chi connectivity index (χ4n) is 3.45. The molecule has 0 amide bonds. The standard InChI is InChI=1S/C21H20N4O2/c1-12(2)26-19-10-13(6-7-14(19)11-22)21-24-20(25-27-21)17-5-3-4-16-15(17)8-9-18(16)23/h3-7,10,12,18H,8-9,23H2,1-2H3/t18-/m1/s1. The summed E-state index contributed by atoms with van der Waals surface area (Å²) >= 11 is 0. The zero-order chi connectivity index (χ0) is 19.0. The fourth-order valence-corrected chi connectivity index (χ4v) is 3.45. The van der Waals surface area contributed by atoms with Gasteiger partial charge in [-0.25, -0.2) is 0 Å². The number of ether oxygens (including phenoxy) is 1. The first-order valence-corrected chi connectivity index (χ1v) is 8.99. The topological polar surface area (TPSA) is 98.0 Å². The first kappa shape index (κ1) is 17.3. The van der Waals surface area contributed by atoms with Crippen molar-refractivity contribution in [3.63, 3.8) is 0 Å². The van der Waals surface area contributed by atoms with Crippen molar-refractivity contribution in [2.75, 3.05) is 0 Å². The van der Waals surface area contributed by atoms with Gasteiger partial charge in [0.1, 0.15) is 11.8 Å². The molecule has 2 aromatic carbocycles. The van der Waals surface area contributed by atoms with E-state index in [-0.39, 0.29) is 12.1 Å². The van der Waals surface area contributed by atoms with E-state index in [1.54, 1.807) is 18.2 Å². The number of hydrogen-bond acceptors (Lipinski definition) is 6. The van der Waals surface area contributed by atoms with Crippen LogP contribution in [-0.4, -0.2) is 16.2 Å². The molecule has 6 nitrogen and oxygen atoms in total. The van der Waals surface area contributed by atoms with Gasteiger partial charge in [0.15, 0.2) is 0 Å². The SMILES string of the molecule is CC(C)Oc1cc(-c2nc(-c3cccc4c3CC[C@H]4N)no2)ccc1C#N. The molecule has 1 aromatic heterocycles. The largest absolute Gasteiger partial charge is 0.490 e. The molecule has 27 heavy (non-hydrogen) atoms. The van der Waals surface area contributed by atoms with Gasteiger partial charge in [-0.05, 0) is 56.0 Å². The van der Waals surface area contributed by atoms with E-state index in [1.807, 2.05) is 26.0 Å². The van der Waals surface area contributed by atoms with Crippen LogP contribution in [0.15, 0.2) is 40.9 Å². The Morgan fingerprint density at radius 1 is 1.30 bits per heavy atom. The zero-order valence-electron chi connectivity index (χ0n) is 15.3.